The molecule has 0 aromatic heterocycles. The van der Waals surface area contributed by atoms with Crippen molar-refractivity contribution in [2.75, 3.05) is 18.2 Å². The number of hydrogen-bond acceptors (Lipinski definition) is 4. The topological polar surface area (TPSA) is 55.4 Å². The number of hydrogen-bond donors (Lipinski definition) is 1. The first-order chi connectivity index (χ1) is 11.0. The second-order valence-electron chi connectivity index (χ2n) is 4.48. The molecular formula is C16H13ClFNO3S. The number of carbonyl (C=O) groups is 2. The van der Waals surface area contributed by atoms with Crippen LogP contribution in [-0.2, 0) is 9.53 Å². The van der Waals surface area contributed by atoms with Crippen LogP contribution in [0.1, 0.15) is 10.4 Å². The van der Waals surface area contributed by atoms with Gasteiger partial charge < -0.3 is 10.1 Å². The Kier molecular flexibility index (Phi) is 6.01. The van der Waals surface area contributed by atoms with Gasteiger partial charge in [0.05, 0.1) is 10.6 Å². The highest BCUT2D eigenvalue weighted by Crippen LogP contribution is 2.19. The number of esters is 1. The summed E-state index contributed by atoms with van der Waals surface area (Å²) in [6, 6.07) is 10.5. The van der Waals surface area contributed by atoms with E-state index in [1.807, 2.05) is 18.4 Å². The van der Waals surface area contributed by atoms with Crippen LogP contribution in [0.15, 0.2) is 47.4 Å². The SMILES string of the molecule is CSc1ccc(NC(=O)COC(=O)c2ccc(F)cc2Cl)cc1. The molecule has 0 aliphatic rings. The summed E-state index contributed by atoms with van der Waals surface area (Å²) in [5.41, 5.74) is 0.605. The number of anilines is 1. The molecule has 23 heavy (non-hydrogen) atoms. The summed E-state index contributed by atoms with van der Waals surface area (Å²) in [5.74, 6) is -1.82. The van der Waals surface area contributed by atoms with E-state index in [1.165, 1.54) is 6.07 Å². The lowest BCUT2D eigenvalue weighted by molar-refractivity contribution is -0.119. The largest absolute Gasteiger partial charge is 0.452 e. The van der Waals surface area contributed by atoms with Gasteiger partial charge in [0.2, 0.25) is 0 Å². The molecule has 4 nitrogen and oxygen atoms in total. The number of halogens is 2. The Labute approximate surface area is 142 Å². The summed E-state index contributed by atoms with van der Waals surface area (Å²) in [6.07, 6.45) is 1.95. The van der Waals surface area contributed by atoms with Gasteiger partial charge in [-0.25, -0.2) is 9.18 Å². The minimum absolute atomic E-state index is 0.00481. The Morgan fingerprint density at radius 2 is 1.91 bits per heavy atom. The van der Waals surface area contributed by atoms with Crippen LogP contribution in [0.3, 0.4) is 0 Å². The number of ether oxygens (including phenoxy) is 1. The molecule has 0 spiro atoms. The normalized spacial score (nSPS) is 10.2. The first-order valence-corrected chi connectivity index (χ1v) is 8.16. The van der Waals surface area contributed by atoms with E-state index < -0.39 is 24.3 Å². The van der Waals surface area contributed by atoms with E-state index in [9.17, 15) is 14.0 Å². The van der Waals surface area contributed by atoms with Crippen molar-refractivity contribution in [3.8, 4) is 0 Å². The molecule has 0 aliphatic heterocycles. The van der Waals surface area contributed by atoms with Gasteiger partial charge in [-0.05, 0) is 48.7 Å². The summed E-state index contributed by atoms with van der Waals surface area (Å²) >= 11 is 7.34. The number of carbonyl (C=O) groups excluding carboxylic acids is 2. The van der Waals surface area contributed by atoms with Gasteiger partial charge in [0.1, 0.15) is 5.82 Å². The lowest BCUT2D eigenvalue weighted by Crippen LogP contribution is -2.21. The van der Waals surface area contributed by atoms with Crippen LogP contribution in [0.5, 0.6) is 0 Å². The van der Waals surface area contributed by atoms with Crippen molar-refractivity contribution in [2.24, 2.45) is 0 Å². The van der Waals surface area contributed by atoms with Crippen molar-refractivity contribution >= 4 is 40.9 Å². The maximum Gasteiger partial charge on any atom is 0.340 e. The molecule has 1 amide bonds. The quantitative estimate of drug-likeness (QED) is 0.652. The van der Waals surface area contributed by atoms with Crippen LogP contribution in [0.25, 0.3) is 0 Å². The monoisotopic (exact) mass is 353 g/mol. The van der Waals surface area contributed by atoms with Gasteiger partial charge in [0, 0.05) is 10.6 Å². The molecule has 0 aliphatic carbocycles. The molecule has 0 radical (unpaired) electrons. The highest BCUT2D eigenvalue weighted by atomic mass is 35.5. The third-order valence-corrected chi connectivity index (χ3v) is 3.92. The van der Waals surface area contributed by atoms with E-state index in [0.29, 0.717) is 5.69 Å². The van der Waals surface area contributed by atoms with Crippen molar-refractivity contribution in [1.29, 1.82) is 0 Å². The molecule has 0 fully saturated rings. The van der Waals surface area contributed by atoms with Gasteiger partial charge in [-0.3, -0.25) is 4.79 Å². The van der Waals surface area contributed by atoms with E-state index in [-0.39, 0.29) is 10.6 Å². The summed E-state index contributed by atoms with van der Waals surface area (Å²) in [4.78, 5) is 24.6. The first-order valence-electron chi connectivity index (χ1n) is 6.55. The molecule has 0 atom stereocenters. The van der Waals surface area contributed by atoms with Gasteiger partial charge in [-0.15, -0.1) is 11.8 Å². The predicted molar refractivity (Wildman–Crippen MR) is 88.5 cm³/mol. The number of amides is 1. The lowest BCUT2D eigenvalue weighted by Gasteiger charge is -2.08. The van der Waals surface area contributed by atoms with Crippen LogP contribution < -0.4 is 5.32 Å². The molecule has 0 unspecified atom stereocenters. The first kappa shape index (κ1) is 17.3. The maximum atomic E-state index is 12.9. The van der Waals surface area contributed by atoms with Gasteiger partial charge >= 0.3 is 5.97 Å². The Bertz CT molecular complexity index is 722. The van der Waals surface area contributed by atoms with E-state index in [2.05, 4.69) is 5.32 Å². The number of benzene rings is 2. The smallest absolute Gasteiger partial charge is 0.340 e. The summed E-state index contributed by atoms with van der Waals surface area (Å²) in [6.45, 7) is -0.461. The fourth-order valence-electron chi connectivity index (χ4n) is 1.74. The molecule has 2 aromatic rings. The van der Waals surface area contributed by atoms with Gasteiger partial charge in [-0.2, -0.15) is 0 Å². The highest BCUT2D eigenvalue weighted by molar-refractivity contribution is 7.98. The molecule has 1 N–H and O–H groups in total. The molecule has 0 bridgehead atoms. The molecular weight excluding hydrogens is 341 g/mol. The van der Waals surface area contributed by atoms with E-state index in [0.717, 1.165) is 17.0 Å². The predicted octanol–water partition coefficient (Wildman–Crippen LogP) is 4.00. The molecule has 2 aromatic carbocycles. The molecule has 0 heterocycles. The molecule has 2 rings (SSSR count). The average Bonchev–Trinajstić information content (AvgIpc) is 2.53. The van der Waals surface area contributed by atoms with E-state index in [4.69, 9.17) is 16.3 Å². The standard InChI is InChI=1S/C16H13ClFNO3S/c1-23-12-5-3-11(4-6-12)19-15(20)9-22-16(21)13-7-2-10(18)8-14(13)17/h2-8H,9H2,1H3,(H,19,20). The zero-order valence-corrected chi connectivity index (χ0v) is 13.7. The van der Waals surface area contributed by atoms with Gasteiger partial charge in [0.15, 0.2) is 6.61 Å². The Hall–Kier alpha value is -2.05. The Morgan fingerprint density at radius 3 is 2.52 bits per heavy atom. The summed E-state index contributed by atoms with van der Waals surface area (Å²) in [5, 5.41) is 2.54. The summed E-state index contributed by atoms with van der Waals surface area (Å²) < 4.78 is 17.8. The third-order valence-electron chi connectivity index (χ3n) is 2.86. The van der Waals surface area contributed by atoms with Crippen molar-refractivity contribution in [2.45, 2.75) is 4.90 Å². The Morgan fingerprint density at radius 1 is 1.22 bits per heavy atom. The molecule has 120 valence electrons. The zero-order valence-electron chi connectivity index (χ0n) is 12.1. The van der Waals surface area contributed by atoms with Crippen molar-refractivity contribution in [1.82, 2.24) is 0 Å². The minimum Gasteiger partial charge on any atom is -0.452 e. The van der Waals surface area contributed by atoms with E-state index >= 15 is 0 Å². The number of rotatable bonds is 5. The van der Waals surface area contributed by atoms with Crippen LogP contribution in [-0.4, -0.2) is 24.7 Å². The maximum absolute atomic E-state index is 12.9. The molecule has 0 saturated carbocycles. The van der Waals surface area contributed by atoms with Crippen LogP contribution in [0, 0.1) is 5.82 Å². The second-order valence-corrected chi connectivity index (χ2v) is 5.76. The van der Waals surface area contributed by atoms with Crippen molar-refractivity contribution in [3.05, 3.63) is 58.9 Å². The number of thioether (sulfide) groups is 1. The fourth-order valence-corrected chi connectivity index (χ4v) is 2.39. The highest BCUT2D eigenvalue weighted by Gasteiger charge is 2.14. The molecule has 7 heteroatoms. The van der Waals surface area contributed by atoms with E-state index in [1.54, 1.807) is 23.9 Å². The Balaban J connectivity index is 1.89. The van der Waals surface area contributed by atoms with Gasteiger partial charge in [-0.1, -0.05) is 11.6 Å². The minimum atomic E-state index is -0.789. The van der Waals surface area contributed by atoms with Crippen molar-refractivity contribution in [3.63, 3.8) is 0 Å². The van der Waals surface area contributed by atoms with Crippen LogP contribution >= 0.6 is 23.4 Å². The lowest BCUT2D eigenvalue weighted by atomic mass is 10.2. The fraction of sp³-hybridized carbons (Fsp3) is 0.125. The number of nitrogens with one attached hydrogen (secondary N) is 1. The van der Waals surface area contributed by atoms with Gasteiger partial charge in [0.25, 0.3) is 5.91 Å². The second kappa shape index (κ2) is 7.99. The van der Waals surface area contributed by atoms with Crippen molar-refractivity contribution < 1.29 is 18.7 Å². The van der Waals surface area contributed by atoms with Crippen LogP contribution in [0.2, 0.25) is 5.02 Å². The third kappa shape index (κ3) is 4.97. The molecule has 0 saturated heterocycles. The summed E-state index contributed by atoms with van der Waals surface area (Å²) in [7, 11) is 0. The van der Waals surface area contributed by atoms with Crippen LogP contribution in [0.4, 0.5) is 10.1 Å². The zero-order chi connectivity index (χ0) is 16.8. The average molecular weight is 354 g/mol.